The van der Waals surface area contributed by atoms with Crippen molar-refractivity contribution >= 4 is 17.8 Å². The Morgan fingerprint density at radius 2 is 2.12 bits per heavy atom. The van der Waals surface area contributed by atoms with Crippen molar-refractivity contribution in [3.05, 3.63) is 42.0 Å². The Hall–Kier alpha value is -2.70. The number of carbonyl (C=O) groups is 2. The fourth-order valence-electron chi connectivity index (χ4n) is 1.17. The van der Waals surface area contributed by atoms with E-state index in [0.29, 0.717) is 5.95 Å². The highest BCUT2D eigenvalue weighted by Crippen LogP contribution is 2.04. The molecule has 0 aliphatic carbocycles. The number of anilines is 1. The Balaban J connectivity index is 2.12. The second kappa shape index (κ2) is 4.44. The fourth-order valence-corrected chi connectivity index (χ4v) is 1.17. The molecule has 0 saturated heterocycles. The number of imidazole rings is 1. The lowest BCUT2D eigenvalue weighted by atomic mass is 10.2. The van der Waals surface area contributed by atoms with Gasteiger partial charge in [-0.05, 0) is 12.1 Å². The second-order valence-electron chi connectivity index (χ2n) is 3.13. The molecule has 0 fully saturated rings. The monoisotopic (exact) mass is 232 g/mol. The average molecular weight is 232 g/mol. The number of aromatic carboxylic acids is 1. The maximum atomic E-state index is 11.6. The maximum absolute atomic E-state index is 11.6. The molecule has 3 N–H and O–H groups in total. The van der Waals surface area contributed by atoms with Gasteiger partial charge in [-0.2, -0.15) is 0 Å². The number of H-pyrrole nitrogens is 1. The Labute approximate surface area is 95.5 Å². The third-order valence-corrected chi connectivity index (χ3v) is 1.97. The zero-order valence-electron chi connectivity index (χ0n) is 8.54. The number of pyridine rings is 1. The van der Waals surface area contributed by atoms with Crippen LogP contribution in [-0.4, -0.2) is 31.9 Å². The topological polar surface area (TPSA) is 108 Å². The molecule has 7 heteroatoms. The van der Waals surface area contributed by atoms with Gasteiger partial charge in [-0.25, -0.2) is 14.8 Å². The van der Waals surface area contributed by atoms with Crippen molar-refractivity contribution in [3.63, 3.8) is 0 Å². The first-order valence-corrected chi connectivity index (χ1v) is 4.67. The largest absolute Gasteiger partial charge is 0.477 e. The highest BCUT2D eigenvalue weighted by molar-refractivity contribution is 6.03. The molecular weight excluding hydrogens is 224 g/mol. The van der Waals surface area contributed by atoms with E-state index < -0.39 is 11.9 Å². The minimum Gasteiger partial charge on any atom is -0.477 e. The molecule has 0 spiro atoms. The van der Waals surface area contributed by atoms with Crippen molar-refractivity contribution in [2.24, 2.45) is 0 Å². The van der Waals surface area contributed by atoms with E-state index in [0.717, 1.165) is 0 Å². The fraction of sp³-hybridized carbons (Fsp3) is 0. The van der Waals surface area contributed by atoms with Gasteiger partial charge < -0.3 is 10.1 Å². The van der Waals surface area contributed by atoms with Crippen molar-refractivity contribution in [1.82, 2.24) is 15.0 Å². The van der Waals surface area contributed by atoms with Crippen molar-refractivity contribution in [2.75, 3.05) is 5.32 Å². The van der Waals surface area contributed by atoms with Gasteiger partial charge >= 0.3 is 5.97 Å². The summed E-state index contributed by atoms with van der Waals surface area (Å²) in [4.78, 5) is 32.4. The van der Waals surface area contributed by atoms with Crippen molar-refractivity contribution in [2.45, 2.75) is 0 Å². The van der Waals surface area contributed by atoms with Crippen LogP contribution in [0.2, 0.25) is 0 Å². The van der Waals surface area contributed by atoms with Gasteiger partial charge in [-0.3, -0.25) is 10.1 Å². The summed E-state index contributed by atoms with van der Waals surface area (Å²) in [5, 5.41) is 11.1. The van der Waals surface area contributed by atoms with E-state index >= 15 is 0 Å². The van der Waals surface area contributed by atoms with E-state index in [9.17, 15) is 9.59 Å². The average Bonchev–Trinajstić information content (AvgIpc) is 2.82. The molecule has 0 aromatic carbocycles. The van der Waals surface area contributed by atoms with E-state index in [1.165, 1.54) is 24.5 Å². The van der Waals surface area contributed by atoms with E-state index in [2.05, 4.69) is 20.3 Å². The van der Waals surface area contributed by atoms with E-state index in [4.69, 9.17) is 5.11 Å². The number of aromatic amines is 1. The lowest BCUT2D eigenvalue weighted by Crippen LogP contribution is -2.13. The van der Waals surface area contributed by atoms with Crippen LogP contribution in [0.25, 0.3) is 0 Å². The normalized spacial score (nSPS) is 9.88. The first-order valence-electron chi connectivity index (χ1n) is 4.67. The zero-order valence-corrected chi connectivity index (χ0v) is 8.54. The van der Waals surface area contributed by atoms with Crippen LogP contribution >= 0.6 is 0 Å². The summed E-state index contributed by atoms with van der Waals surface area (Å²) in [6, 6.07) is 2.65. The number of amides is 1. The van der Waals surface area contributed by atoms with Gasteiger partial charge in [0.25, 0.3) is 5.91 Å². The van der Waals surface area contributed by atoms with Crippen LogP contribution in [0.1, 0.15) is 20.8 Å². The second-order valence-corrected chi connectivity index (χ2v) is 3.13. The summed E-state index contributed by atoms with van der Waals surface area (Å²) in [5.74, 6) is -1.23. The molecule has 0 radical (unpaired) electrons. The number of hydrogen-bond acceptors (Lipinski definition) is 4. The predicted molar refractivity (Wildman–Crippen MR) is 57.7 cm³/mol. The third kappa shape index (κ3) is 2.46. The van der Waals surface area contributed by atoms with Crippen molar-refractivity contribution in [1.29, 1.82) is 0 Å². The number of nitrogens with one attached hydrogen (secondary N) is 2. The Morgan fingerprint density at radius 3 is 2.65 bits per heavy atom. The quantitative estimate of drug-likeness (QED) is 0.723. The minimum atomic E-state index is -1.14. The van der Waals surface area contributed by atoms with Crippen LogP contribution in [0, 0.1) is 0 Å². The van der Waals surface area contributed by atoms with Crippen LogP contribution in [0.4, 0.5) is 5.95 Å². The molecular formula is C10H8N4O3. The number of nitrogens with zero attached hydrogens (tertiary/aromatic N) is 2. The summed E-state index contributed by atoms with van der Waals surface area (Å²) >= 11 is 0. The zero-order chi connectivity index (χ0) is 12.3. The molecule has 2 aromatic rings. The number of hydrogen-bond donors (Lipinski definition) is 3. The van der Waals surface area contributed by atoms with Crippen LogP contribution in [-0.2, 0) is 0 Å². The standard InChI is InChI=1S/C10H8N4O3/c15-8(14-10-11-3-4-12-10)6-1-2-7(9(16)17)13-5-6/h1-5H,(H,16,17)(H2,11,12,14,15). The highest BCUT2D eigenvalue weighted by atomic mass is 16.4. The molecule has 0 saturated carbocycles. The Morgan fingerprint density at radius 1 is 1.29 bits per heavy atom. The molecule has 7 nitrogen and oxygen atoms in total. The minimum absolute atomic E-state index is 0.112. The number of rotatable bonds is 3. The molecule has 0 bridgehead atoms. The van der Waals surface area contributed by atoms with E-state index in [-0.39, 0.29) is 11.3 Å². The molecule has 2 heterocycles. The first kappa shape index (κ1) is 10.8. The van der Waals surface area contributed by atoms with Gasteiger partial charge in [0.1, 0.15) is 5.69 Å². The van der Waals surface area contributed by atoms with Gasteiger partial charge in [0, 0.05) is 18.6 Å². The molecule has 17 heavy (non-hydrogen) atoms. The Kier molecular flexibility index (Phi) is 2.82. The first-order chi connectivity index (χ1) is 8.16. The third-order valence-electron chi connectivity index (χ3n) is 1.97. The summed E-state index contributed by atoms with van der Waals surface area (Å²) in [6.07, 6.45) is 4.27. The lowest BCUT2D eigenvalue weighted by Gasteiger charge is -2.01. The van der Waals surface area contributed by atoms with Gasteiger partial charge in [-0.15, -0.1) is 0 Å². The van der Waals surface area contributed by atoms with Crippen molar-refractivity contribution < 1.29 is 14.7 Å². The molecule has 0 atom stereocenters. The molecule has 0 aliphatic heterocycles. The van der Waals surface area contributed by atoms with Crippen molar-refractivity contribution in [3.8, 4) is 0 Å². The van der Waals surface area contributed by atoms with Gasteiger partial charge in [-0.1, -0.05) is 0 Å². The Bertz CT molecular complexity index is 533. The van der Waals surface area contributed by atoms with Crippen LogP contribution < -0.4 is 5.32 Å². The number of aromatic nitrogens is 3. The predicted octanol–water partition coefficient (Wildman–Crippen LogP) is 0.755. The molecule has 2 rings (SSSR count). The molecule has 0 aliphatic rings. The summed E-state index contributed by atoms with van der Waals surface area (Å²) < 4.78 is 0. The van der Waals surface area contributed by atoms with Gasteiger partial charge in [0.15, 0.2) is 0 Å². The van der Waals surface area contributed by atoms with Crippen LogP contribution in [0.5, 0.6) is 0 Å². The van der Waals surface area contributed by atoms with Gasteiger partial charge in [0.2, 0.25) is 5.95 Å². The van der Waals surface area contributed by atoms with Crippen LogP contribution in [0.15, 0.2) is 30.7 Å². The summed E-state index contributed by atoms with van der Waals surface area (Å²) in [5.41, 5.74) is 0.144. The van der Waals surface area contributed by atoms with E-state index in [1.54, 1.807) is 6.20 Å². The molecule has 2 aromatic heterocycles. The maximum Gasteiger partial charge on any atom is 0.354 e. The molecule has 0 unspecified atom stereocenters. The van der Waals surface area contributed by atoms with E-state index in [1.807, 2.05) is 0 Å². The van der Waals surface area contributed by atoms with Crippen LogP contribution in [0.3, 0.4) is 0 Å². The smallest absolute Gasteiger partial charge is 0.354 e. The SMILES string of the molecule is O=C(Nc1ncc[nH]1)c1ccc(C(=O)O)nc1. The summed E-state index contributed by atoms with van der Waals surface area (Å²) in [6.45, 7) is 0. The highest BCUT2D eigenvalue weighted by Gasteiger charge is 2.09. The molecule has 86 valence electrons. The number of carboxylic acid groups (broad SMARTS) is 1. The number of carbonyl (C=O) groups excluding carboxylic acids is 1. The lowest BCUT2D eigenvalue weighted by molar-refractivity contribution is 0.0690. The summed E-state index contributed by atoms with van der Waals surface area (Å²) in [7, 11) is 0. The molecule has 1 amide bonds. The van der Waals surface area contributed by atoms with Gasteiger partial charge in [0.05, 0.1) is 5.56 Å². The number of carboxylic acids is 1.